The van der Waals surface area contributed by atoms with Gasteiger partial charge >= 0.3 is 6.61 Å². The molecule has 0 aliphatic heterocycles. The Hall–Kier alpha value is -1.96. The van der Waals surface area contributed by atoms with Crippen LogP contribution in [0.5, 0.6) is 5.75 Å². The Labute approximate surface area is 158 Å². The number of ether oxygens (including phenoxy) is 1. The first-order valence-electron chi connectivity index (χ1n) is 7.76. The van der Waals surface area contributed by atoms with E-state index in [1.807, 2.05) is 0 Å². The minimum Gasteiger partial charge on any atom is -0.435 e. The van der Waals surface area contributed by atoms with Crippen molar-refractivity contribution in [3.8, 4) is 5.75 Å². The van der Waals surface area contributed by atoms with Crippen molar-refractivity contribution in [1.82, 2.24) is 10.5 Å². The van der Waals surface area contributed by atoms with Gasteiger partial charge in [0.2, 0.25) is 0 Å². The third-order valence-corrected chi connectivity index (χ3v) is 4.29. The van der Waals surface area contributed by atoms with Crippen LogP contribution in [-0.2, 0) is 4.84 Å². The summed E-state index contributed by atoms with van der Waals surface area (Å²) >= 11 is 12.0. The minimum absolute atomic E-state index is 0.0366. The fourth-order valence-corrected chi connectivity index (χ4v) is 2.86. The van der Waals surface area contributed by atoms with Crippen LogP contribution in [0.1, 0.15) is 35.0 Å². The largest absolute Gasteiger partial charge is 0.435 e. The van der Waals surface area contributed by atoms with Crippen LogP contribution >= 0.6 is 23.2 Å². The van der Waals surface area contributed by atoms with Crippen LogP contribution in [-0.4, -0.2) is 17.5 Å². The Kier molecular flexibility index (Phi) is 5.90. The van der Waals surface area contributed by atoms with Gasteiger partial charge in [0.05, 0.1) is 15.7 Å². The first kappa shape index (κ1) is 18.8. The van der Waals surface area contributed by atoms with E-state index in [1.165, 1.54) is 30.5 Å². The summed E-state index contributed by atoms with van der Waals surface area (Å²) in [7, 11) is 0. The molecule has 1 fully saturated rings. The summed E-state index contributed by atoms with van der Waals surface area (Å²) in [4.78, 5) is 21.9. The zero-order valence-corrected chi connectivity index (χ0v) is 14.8. The molecule has 138 valence electrons. The molecular formula is C17H14Cl2F2N2O3. The quantitative estimate of drug-likeness (QED) is 0.675. The van der Waals surface area contributed by atoms with E-state index in [1.54, 1.807) is 6.07 Å². The standard InChI is InChI=1S/C17H14Cl2F2N2O3/c18-11-7-13(19)14(22-8-11)15(9-1-2-9)26-23-16(24)10-3-5-12(6-4-10)25-17(20)21/h3-9,15,17H,1-2H2,(H,23,24). The fourth-order valence-electron chi connectivity index (χ4n) is 2.37. The number of halogens is 4. The Morgan fingerprint density at radius 1 is 1.23 bits per heavy atom. The van der Waals surface area contributed by atoms with Crippen LogP contribution in [0.2, 0.25) is 10.0 Å². The summed E-state index contributed by atoms with van der Waals surface area (Å²) in [5, 5.41) is 0.764. The smallest absolute Gasteiger partial charge is 0.387 e. The Bertz CT molecular complexity index is 786. The molecule has 26 heavy (non-hydrogen) atoms. The molecule has 0 bridgehead atoms. The van der Waals surface area contributed by atoms with Crippen molar-refractivity contribution >= 4 is 29.1 Å². The predicted molar refractivity (Wildman–Crippen MR) is 91.3 cm³/mol. The lowest BCUT2D eigenvalue weighted by atomic mass is 10.1. The number of carbonyl (C=O) groups excluding carboxylic acids is 1. The Balaban J connectivity index is 1.65. The molecule has 1 heterocycles. The third kappa shape index (κ3) is 4.81. The molecule has 1 N–H and O–H groups in total. The molecule has 9 heteroatoms. The van der Waals surface area contributed by atoms with Crippen molar-refractivity contribution in [1.29, 1.82) is 0 Å². The topological polar surface area (TPSA) is 60.5 Å². The zero-order chi connectivity index (χ0) is 18.7. The lowest BCUT2D eigenvalue weighted by molar-refractivity contribution is -0.0498. The summed E-state index contributed by atoms with van der Waals surface area (Å²) in [5.41, 5.74) is 3.09. The first-order valence-corrected chi connectivity index (χ1v) is 8.51. The summed E-state index contributed by atoms with van der Waals surface area (Å²) < 4.78 is 28.5. The molecule has 5 nitrogen and oxygen atoms in total. The second-order valence-corrected chi connectivity index (χ2v) is 6.57. The summed E-state index contributed by atoms with van der Waals surface area (Å²) in [6.45, 7) is -2.92. The van der Waals surface area contributed by atoms with Gasteiger partial charge in [0.1, 0.15) is 11.9 Å². The second-order valence-electron chi connectivity index (χ2n) is 5.73. The molecule has 1 aliphatic rings. The molecule has 0 spiro atoms. The van der Waals surface area contributed by atoms with Crippen molar-refractivity contribution in [3.05, 3.63) is 57.8 Å². The van der Waals surface area contributed by atoms with Gasteiger partial charge in [-0.15, -0.1) is 0 Å². The minimum atomic E-state index is -2.92. The molecule has 1 aromatic carbocycles. The Morgan fingerprint density at radius 3 is 2.50 bits per heavy atom. The number of benzene rings is 1. The van der Waals surface area contributed by atoms with Gasteiger partial charge < -0.3 is 4.74 Å². The number of nitrogens with zero attached hydrogens (tertiary/aromatic N) is 1. The number of hydroxylamine groups is 1. The number of hydrogen-bond donors (Lipinski definition) is 1. The van der Waals surface area contributed by atoms with Gasteiger partial charge in [-0.25, -0.2) is 5.48 Å². The van der Waals surface area contributed by atoms with E-state index in [0.717, 1.165) is 12.8 Å². The molecule has 0 radical (unpaired) electrons. The van der Waals surface area contributed by atoms with Crippen molar-refractivity contribution in [3.63, 3.8) is 0 Å². The number of nitrogens with one attached hydrogen (secondary N) is 1. The number of pyridine rings is 1. The summed E-state index contributed by atoms with van der Waals surface area (Å²) in [6, 6.07) is 6.83. The van der Waals surface area contributed by atoms with Crippen LogP contribution in [0.15, 0.2) is 36.5 Å². The highest BCUT2D eigenvalue weighted by Crippen LogP contribution is 2.44. The van der Waals surface area contributed by atoms with Crippen LogP contribution < -0.4 is 10.2 Å². The maximum atomic E-state index is 12.2. The highest BCUT2D eigenvalue weighted by molar-refractivity contribution is 6.34. The van der Waals surface area contributed by atoms with E-state index in [2.05, 4.69) is 15.2 Å². The number of alkyl halides is 2. The van der Waals surface area contributed by atoms with Crippen LogP contribution in [0, 0.1) is 5.92 Å². The van der Waals surface area contributed by atoms with Gasteiger partial charge in [-0.05, 0) is 49.1 Å². The maximum Gasteiger partial charge on any atom is 0.387 e. The van der Waals surface area contributed by atoms with E-state index in [9.17, 15) is 13.6 Å². The number of hydrogen-bond acceptors (Lipinski definition) is 4. The Morgan fingerprint density at radius 2 is 1.92 bits per heavy atom. The van der Waals surface area contributed by atoms with Crippen LogP contribution in [0.3, 0.4) is 0 Å². The monoisotopic (exact) mass is 402 g/mol. The van der Waals surface area contributed by atoms with E-state index >= 15 is 0 Å². The van der Waals surface area contributed by atoms with Gasteiger partial charge in [0.15, 0.2) is 0 Å². The highest BCUT2D eigenvalue weighted by atomic mass is 35.5. The number of amides is 1. The molecule has 1 amide bonds. The van der Waals surface area contributed by atoms with Gasteiger partial charge in [-0.3, -0.25) is 14.6 Å². The lowest BCUT2D eigenvalue weighted by Crippen LogP contribution is -2.27. The highest BCUT2D eigenvalue weighted by Gasteiger charge is 2.36. The van der Waals surface area contributed by atoms with E-state index < -0.39 is 18.6 Å². The molecule has 2 aromatic rings. The van der Waals surface area contributed by atoms with Gasteiger partial charge in [0, 0.05) is 11.8 Å². The van der Waals surface area contributed by atoms with Crippen LogP contribution in [0.25, 0.3) is 0 Å². The number of aromatic nitrogens is 1. The molecule has 1 aliphatic carbocycles. The zero-order valence-electron chi connectivity index (χ0n) is 13.3. The van der Waals surface area contributed by atoms with Crippen molar-refractivity contribution in [2.75, 3.05) is 0 Å². The summed E-state index contributed by atoms with van der Waals surface area (Å²) in [5.74, 6) is -0.363. The molecule has 0 saturated heterocycles. The molecular weight excluding hydrogens is 389 g/mol. The lowest BCUT2D eigenvalue weighted by Gasteiger charge is -2.18. The van der Waals surface area contributed by atoms with Crippen molar-refractivity contribution in [2.24, 2.45) is 5.92 Å². The van der Waals surface area contributed by atoms with E-state index in [4.69, 9.17) is 28.0 Å². The number of carbonyl (C=O) groups is 1. The van der Waals surface area contributed by atoms with E-state index in [0.29, 0.717) is 15.7 Å². The fraction of sp³-hybridized carbons (Fsp3) is 0.294. The molecule has 1 unspecified atom stereocenters. The first-order chi connectivity index (χ1) is 12.4. The summed E-state index contributed by atoms with van der Waals surface area (Å²) in [6.07, 6.45) is 2.83. The average Bonchev–Trinajstić information content (AvgIpc) is 3.41. The predicted octanol–water partition coefficient (Wildman–Crippen LogP) is 4.80. The molecule has 1 saturated carbocycles. The van der Waals surface area contributed by atoms with Crippen molar-refractivity contribution < 1.29 is 23.1 Å². The third-order valence-electron chi connectivity index (χ3n) is 3.78. The van der Waals surface area contributed by atoms with Gasteiger partial charge in [0.25, 0.3) is 5.91 Å². The normalized spacial score (nSPS) is 15.0. The molecule has 1 atom stereocenters. The number of rotatable bonds is 7. The SMILES string of the molecule is O=C(NOC(c1ncc(Cl)cc1Cl)C1CC1)c1ccc(OC(F)F)cc1. The van der Waals surface area contributed by atoms with Gasteiger partial charge in [-0.1, -0.05) is 23.2 Å². The van der Waals surface area contributed by atoms with Crippen LogP contribution in [0.4, 0.5) is 8.78 Å². The van der Waals surface area contributed by atoms with Crippen molar-refractivity contribution in [2.45, 2.75) is 25.6 Å². The average molecular weight is 403 g/mol. The van der Waals surface area contributed by atoms with E-state index in [-0.39, 0.29) is 17.2 Å². The molecule has 3 rings (SSSR count). The second kappa shape index (κ2) is 8.16. The molecule has 1 aromatic heterocycles. The van der Waals surface area contributed by atoms with Gasteiger partial charge in [-0.2, -0.15) is 8.78 Å². The maximum absolute atomic E-state index is 12.2.